The Hall–Kier alpha value is -3.73. The Morgan fingerprint density at radius 1 is 0.722 bits per heavy atom. The molecule has 1 fully saturated rings. The van der Waals surface area contributed by atoms with Gasteiger partial charge in [-0.25, -0.2) is 0 Å². The number of carbonyl (C=O) groups excluding carboxylic acids is 1. The van der Waals surface area contributed by atoms with Crippen LogP contribution in [0, 0.1) is 0 Å². The van der Waals surface area contributed by atoms with Crippen LogP contribution < -0.4 is 0 Å². The number of benzene rings is 4. The van der Waals surface area contributed by atoms with E-state index in [2.05, 4.69) is 36.4 Å². The summed E-state index contributed by atoms with van der Waals surface area (Å²) in [6.07, 6.45) is 0.526. The topological polar surface area (TPSA) is 38.8 Å². The number of hydrogen-bond donors (Lipinski definition) is 0. The molecule has 0 aliphatic carbocycles. The fraction of sp³-hybridized carbons (Fsp3) is 0.219. The zero-order chi connectivity index (χ0) is 24.6. The summed E-state index contributed by atoms with van der Waals surface area (Å²) in [5.74, 6) is 0.0156. The lowest BCUT2D eigenvalue weighted by Gasteiger charge is -2.37. The summed E-state index contributed by atoms with van der Waals surface area (Å²) in [5.41, 5.74) is 3.48. The summed E-state index contributed by atoms with van der Waals surface area (Å²) in [6.45, 7) is 1.66. The molecule has 5 rings (SSSR count). The minimum absolute atomic E-state index is 0.0156. The highest BCUT2D eigenvalue weighted by molar-refractivity contribution is 5.77. The first-order valence-electron chi connectivity index (χ1n) is 12.5. The lowest BCUT2D eigenvalue weighted by molar-refractivity contribution is -0.136. The fourth-order valence-electron chi connectivity index (χ4n) is 4.88. The molecular formula is C32H31NO3. The Balaban J connectivity index is 1.41. The van der Waals surface area contributed by atoms with Gasteiger partial charge >= 0.3 is 0 Å². The van der Waals surface area contributed by atoms with Gasteiger partial charge in [-0.15, -0.1) is 0 Å². The van der Waals surface area contributed by atoms with Crippen LogP contribution in [0.15, 0.2) is 121 Å². The molecule has 4 heteroatoms. The number of rotatable bonds is 8. The van der Waals surface area contributed by atoms with E-state index >= 15 is 0 Å². The van der Waals surface area contributed by atoms with Gasteiger partial charge in [0.25, 0.3) is 0 Å². The standard InChI is InChI=1S/C32H31NO3/c34-31-25-35-30(21-22-33(31)23-26-13-5-1-6-14-26)24-36-32(27-15-7-2-8-16-27,28-17-9-3-10-18-28)29-19-11-4-12-20-29/h1-20,30H,21-25H2/t30-/m0/s1. The molecule has 0 saturated carbocycles. The molecule has 1 atom stereocenters. The number of amides is 1. The highest BCUT2D eigenvalue weighted by atomic mass is 16.5. The van der Waals surface area contributed by atoms with Crippen LogP contribution >= 0.6 is 0 Å². The summed E-state index contributed by atoms with van der Waals surface area (Å²) in [4.78, 5) is 14.7. The molecule has 0 spiro atoms. The van der Waals surface area contributed by atoms with Gasteiger partial charge in [-0.3, -0.25) is 4.79 Å². The third kappa shape index (κ3) is 5.25. The van der Waals surface area contributed by atoms with Gasteiger partial charge in [0.15, 0.2) is 0 Å². The number of carbonyl (C=O) groups is 1. The van der Waals surface area contributed by atoms with Crippen LogP contribution in [0.25, 0.3) is 0 Å². The van der Waals surface area contributed by atoms with Crippen molar-refractivity contribution in [2.75, 3.05) is 19.8 Å². The maximum absolute atomic E-state index is 12.8. The molecule has 4 aromatic rings. The molecule has 0 unspecified atom stereocenters. The van der Waals surface area contributed by atoms with Gasteiger partial charge in [0.05, 0.1) is 12.7 Å². The second-order valence-electron chi connectivity index (χ2n) is 9.11. The Kier molecular flexibility index (Phi) is 7.55. The first-order valence-corrected chi connectivity index (χ1v) is 12.5. The molecule has 0 aromatic heterocycles. The molecule has 1 amide bonds. The first-order chi connectivity index (χ1) is 17.8. The van der Waals surface area contributed by atoms with E-state index in [0.717, 1.165) is 22.3 Å². The molecule has 0 N–H and O–H groups in total. The van der Waals surface area contributed by atoms with Gasteiger partial charge in [-0.1, -0.05) is 121 Å². The molecule has 1 heterocycles. The van der Waals surface area contributed by atoms with Crippen LogP contribution in [0.3, 0.4) is 0 Å². The van der Waals surface area contributed by atoms with Gasteiger partial charge in [-0.05, 0) is 28.7 Å². The highest BCUT2D eigenvalue weighted by Crippen LogP contribution is 2.40. The smallest absolute Gasteiger partial charge is 0.248 e. The van der Waals surface area contributed by atoms with Crippen molar-refractivity contribution in [1.82, 2.24) is 4.90 Å². The Labute approximate surface area is 213 Å². The number of nitrogens with zero attached hydrogens (tertiary/aromatic N) is 1. The van der Waals surface area contributed by atoms with E-state index in [1.807, 2.05) is 89.8 Å². The summed E-state index contributed by atoms with van der Waals surface area (Å²) < 4.78 is 13.0. The van der Waals surface area contributed by atoms with Crippen LogP contribution in [0.1, 0.15) is 28.7 Å². The van der Waals surface area contributed by atoms with Crippen LogP contribution in [0.4, 0.5) is 0 Å². The van der Waals surface area contributed by atoms with Crippen molar-refractivity contribution in [3.8, 4) is 0 Å². The summed E-state index contributed by atoms with van der Waals surface area (Å²) in [6, 6.07) is 41.1. The quantitative estimate of drug-likeness (QED) is 0.301. The van der Waals surface area contributed by atoms with Crippen molar-refractivity contribution < 1.29 is 14.3 Å². The van der Waals surface area contributed by atoms with E-state index in [1.54, 1.807) is 0 Å². The summed E-state index contributed by atoms with van der Waals surface area (Å²) in [7, 11) is 0. The lowest BCUT2D eigenvalue weighted by atomic mass is 9.80. The van der Waals surface area contributed by atoms with Gasteiger partial charge in [-0.2, -0.15) is 0 Å². The molecule has 1 aliphatic rings. The van der Waals surface area contributed by atoms with E-state index in [-0.39, 0.29) is 18.6 Å². The van der Waals surface area contributed by atoms with Gasteiger partial charge in [0.1, 0.15) is 12.2 Å². The predicted molar refractivity (Wildman–Crippen MR) is 141 cm³/mol. The largest absolute Gasteiger partial charge is 0.366 e. The Morgan fingerprint density at radius 3 is 1.69 bits per heavy atom. The maximum Gasteiger partial charge on any atom is 0.248 e. The van der Waals surface area contributed by atoms with Crippen LogP contribution in [0.2, 0.25) is 0 Å². The first kappa shape index (κ1) is 24.0. The van der Waals surface area contributed by atoms with Gasteiger partial charge < -0.3 is 14.4 Å². The zero-order valence-electron chi connectivity index (χ0n) is 20.3. The molecule has 36 heavy (non-hydrogen) atoms. The second-order valence-corrected chi connectivity index (χ2v) is 9.11. The van der Waals surface area contributed by atoms with E-state index < -0.39 is 5.60 Å². The average Bonchev–Trinajstić information content (AvgIpc) is 3.12. The summed E-state index contributed by atoms with van der Waals surface area (Å²) >= 11 is 0. The predicted octanol–water partition coefficient (Wildman–Crippen LogP) is 5.81. The minimum Gasteiger partial charge on any atom is -0.366 e. The molecule has 0 radical (unpaired) electrons. The molecule has 4 aromatic carbocycles. The SMILES string of the molecule is O=C1CO[C@H](COC(c2ccccc2)(c2ccccc2)c2ccccc2)CCN1Cc1ccccc1. The van der Waals surface area contributed by atoms with Crippen molar-refractivity contribution in [1.29, 1.82) is 0 Å². The minimum atomic E-state index is -0.798. The lowest BCUT2D eigenvalue weighted by Crippen LogP contribution is -2.36. The maximum atomic E-state index is 12.8. The average molecular weight is 478 g/mol. The molecule has 1 saturated heterocycles. The van der Waals surface area contributed by atoms with Crippen LogP contribution in [0.5, 0.6) is 0 Å². The Morgan fingerprint density at radius 2 is 1.19 bits per heavy atom. The molecule has 1 aliphatic heterocycles. The zero-order valence-corrected chi connectivity index (χ0v) is 20.3. The van der Waals surface area contributed by atoms with Crippen molar-refractivity contribution >= 4 is 5.91 Å². The van der Waals surface area contributed by atoms with Crippen LogP contribution in [-0.2, 0) is 26.4 Å². The van der Waals surface area contributed by atoms with Crippen molar-refractivity contribution in [3.05, 3.63) is 144 Å². The summed E-state index contributed by atoms with van der Waals surface area (Å²) in [5, 5.41) is 0. The monoisotopic (exact) mass is 477 g/mol. The number of hydrogen-bond acceptors (Lipinski definition) is 3. The molecule has 182 valence electrons. The second kappa shape index (κ2) is 11.3. The van der Waals surface area contributed by atoms with Crippen molar-refractivity contribution in [2.45, 2.75) is 24.7 Å². The highest BCUT2D eigenvalue weighted by Gasteiger charge is 2.38. The van der Waals surface area contributed by atoms with Gasteiger partial charge in [0.2, 0.25) is 5.91 Å². The third-order valence-electron chi connectivity index (χ3n) is 6.76. The molecular weight excluding hydrogens is 446 g/mol. The van der Waals surface area contributed by atoms with E-state index in [9.17, 15) is 4.79 Å². The fourth-order valence-corrected chi connectivity index (χ4v) is 4.88. The third-order valence-corrected chi connectivity index (χ3v) is 6.76. The van der Waals surface area contributed by atoms with E-state index in [0.29, 0.717) is 26.1 Å². The van der Waals surface area contributed by atoms with Gasteiger partial charge in [0, 0.05) is 13.1 Å². The normalized spacial score (nSPS) is 16.5. The number of ether oxygens (including phenoxy) is 2. The Bertz CT molecular complexity index is 1130. The van der Waals surface area contributed by atoms with E-state index in [1.165, 1.54) is 0 Å². The van der Waals surface area contributed by atoms with Crippen molar-refractivity contribution in [2.24, 2.45) is 0 Å². The molecule has 0 bridgehead atoms. The molecule has 4 nitrogen and oxygen atoms in total. The van der Waals surface area contributed by atoms with Crippen LogP contribution in [-0.4, -0.2) is 36.7 Å². The van der Waals surface area contributed by atoms with E-state index in [4.69, 9.17) is 9.47 Å². The van der Waals surface area contributed by atoms with Crippen molar-refractivity contribution in [3.63, 3.8) is 0 Å².